The molecule has 0 saturated heterocycles. The maximum atomic E-state index is 12.5. The second-order valence-corrected chi connectivity index (χ2v) is 6.09. The summed E-state index contributed by atoms with van der Waals surface area (Å²) in [6.07, 6.45) is 2.02. The summed E-state index contributed by atoms with van der Waals surface area (Å²) in [6.45, 7) is 4.11. The lowest BCUT2D eigenvalue weighted by molar-refractivity contribution is -0.122. The minimum atomic E-state index is -0.358. The van der Waals surface area contributed by atoms with Crippen molar-refractivity contribution in [2.45, 2.75) is 45.2 Å². The van der Waals surface area contributed by atoms with Gasteiger partial charge in [0.2, 0.25) is 5.91 Å². The molecule has 4 nitrogen and oxygen atoms in total. The Balaban J connectivity index is 2.11. The fraction of sp³-hybridized carbons (Fsp3) is 0.333. The molecule has 4 heteroatoms. The van der Waals surface area contributed by atoms with Crippen molar-refractivity contribution in [2.24, 2.45) is 0 Å². The zero-order valence-electron chi connectivity index (χ0n) is 14.9. The van der Waals surface area contributed by atoms with Crippen LogP contribution < -0.4 is 10.6 Å². The van der Waals surface area contributed by atoms with Crippen LogP contribution in [0.1, 0.15) is 55.1 Å². The highest BCUT2D eigenvalue weighted by molar-refractivity contribution is 5.94. The van der Waals surface area contributed by atoms with E-state index in [1.807, 2.05) is 48.5 Å². The Labute approximate surface area is 149 Å². The lowest BCUT2D eigenvalue weighted by Crippen LogP contribution is -2.38. The monoisotopic (exact) mass is 338 g/mol. The van der Waals surface area contributed by atoms with Crippen LogP contribution in [0.2, 0.25) is 0 Å². The topological polar surface area (TPSA) is 58.2 Å². The van der Waals surface area contributed by atoms with Gasteiger partial charge in [-0.3, -0.25) is 9.59 Å². The normalized spacial score (nSPS) is 11.8. The molecular weight excluding hydrogens is 312 g/mol. The molecule has 2 aromatic carbocycles. The Morgan fingerprint density at radius 1 is 0.840 bits per heavy atom. The van der Waals surface area contributed by atoms with E-state index in [-0.39, 0.29) is 30.3 Å². The average Bonchev–Trinajstić information content (AvgIpc) is 2.67. The fourth-order valence-corrected chi connectivity index (χ4v) is 2.73. The number of carbonyl (C=O) groups is 2. The van der Waals surface area contributed by atoms with Gasteiger partial charge in [0.25, 0.3) is 5.91 Å². The van der Waals surface area contributed by atoms with E-state index in [0.717, 1.165) is 18.4 Å². The Bertz CT molecular complexity index is 667. The highest BCUT2D eigenvalue weighted by Crippen LogP contribution is 2.18. The van der Waals surface area contributed by atoms with Crippen LogP contribution in [0, 0.1) is 0 Å². The number of amides is 2. The molecule has 0 aromatic heterocycles. The van der Waals surface area contributed by atoms with E-state index in [4.69, 9.17) is 0 Å². The third-order valence-electron chi connectivity index (χ3n) is 4.28. The smallest absolute Gasteiger partial charge is 0.251 e. The number of rotatable bonds is 8. The first kappa shape index (κ1) is 18.7. The van der Waals surface area contributed by atoms with Gasteiger partial charge < -0.3 is 10.6 Å². The molecule has 2 rings (SSSR count). The van der Waals surface area contributed by atoms with E-state index in [2.05, 4.69) is 24.5 Å². The Morgan fingerprint density at radius 2 is 1.40 bits per heavy atom. The third kappa shape index (κ3) is 5.75. The van der Waals surface area contributed by atoms with Crippen molar-refractivity contribution < 1.29 is 9.59 Å². The van der Waals surface area contributed by atoms with Crippen molar-refractivity contribution in [2.75, 3.05) is 0 Å². The van der Waals surface area contributed by atoms with Gasteiger partial charge in [-0.2, -0.15) is 0 Å². The van der Waals surface area contributed by atoms with Crippen LogP contribution >= 0.6 is 0 Å². The van der Waals surface area contributed by atoms with Crippen molar-refractivity contribution in [3.63, 3.8) is 0 Å². The van der Waals surface area contributed by atoms with E-state index < -0.39 is 0 Å². The van der Waals surface area contributed by atoms with Gasteiger partial charge in [-0.25, -0.2) is 0 Å². The highest BCUT2D eigenvalue weighted by atomic mass is 16.2. The zero-order chi connectivity index (χ0) is 18.1. The van der Waals surface area contributed by atoms with Crippen molar-refractivity contribution in [3.8, 4) is 0 Å². The quantitative estimate of drug-likeness (QED) is 0.768. The Morgan fingerprint density at radius 3 is 1.96 bits per heavy atom. The first-order valence-electron chi connectivity index (χ1n) is 8.84. The largest absolute Gasteiger partial charge is 0.353 e. The molecular formula is C21H26N2O2. The molecule has 0 fully saturated rings. The summed E-state index contributed by atoms with van der Waals surface area (Å²) in [6, 6.07) is 18.5. The predicted molar refractivity (Wildman–Crippen MR) is 100 cm³/mol. The molecule has 0 bridgehead atoms. The van der Waals surface area contributed by atoms with Gasteiger partial charge in [-0.1, -0.05) is 62.4 Å². The maximum absolute atomic E-state index is 12.5. The van der Waals surface area contributed by atoms with Gasteiger partial charge in [0.1, 0.15) is 0 Å². The summed E-state index contributed by atoms with van der Waals surface area (Å²) in [7, 11) is 0. The summed E-state index contributed by atoms with van der Waals surface area (Å²) < 4.78 is 0. The molecule has 132 valence electrons. The molecule has 0 radical (unpaired) electrons. The fourth-order valence-electron chi connectivity index (χ4n) is 2.73. The zero-order valence-corrected chi connectivity index (χ0v) is 14.9. The molecule has 0 aliphatic carbocycles. The summed E-state index contributed by atoms with van der Waals surface area (Å²) in [5, 5.41) is 6.03. The Hall–Kier alpha value is -2.62. The average molecular weight is 338 g/mol. The van der Waals surface area contributed by atoms with Gasteiger partial charge >= 0.3 is 0 Å². The van der Waals surface area contributed by atoms with Crippen LogP contribution in [0.25, 0.3) is 0 Å². The molecule has 0 aliphatic heterocycles. The molecule has 0 saturated carbocycles. The van der Waals surface area contributed by atoms with Gasteiger partial charge in [0, 0.05) is 11.6 Å². The maximum Gasteiger partial charge on any atom is 0.251 e. The van der Waals surface area contributed by atoms with E-state index in [1.165, 1.54) is 0 Å². The standard InChI is InChI=1S/C21H26N2O2/c1-3-18(4-2)22-20(24)15-19(16-11-7-5-8-12-16)23-21(25)17-13-9-6-10-14-17/h5-14,18-19H,3-4,15H2,1-2H3,(H,22,24)(H,23,25). The summed E-state index contributed by atoms with van der Waals surface area (Å²) in [5.74, 6) is -0.222. The molecule has 0 aliphatic rings. The van der Waals surface area contributed by atoms with Crippen molar-refractivity contribution in [3.05, 3.63) is 71.8 Å². The molecule has 2 aromatic rings. The van der Waals surface area contributed by atoms with Gasteiger partial charge in [-0.15, -0.1) is 0 Å². The van der Waals surface area contributed by atoms with Gasteiger partial charge in [-0.05, 0) is 30.5 Å². The molecule has 2 N–H and O–H groups in total. The van der Waals surface area contributed by atoms with Crippen LogP contribution in [0.3, 0.4) is 0 Å². The highest BCUT2D eigenvalue weighted by Gasteiger charge is 2.20. The van der Waals surface area contributed by atoms with E-state index in [9.17, 15) is 9.59 Å². The summed E-state index contributed by atoms with van der Waals surface area (Å²) in [4.78, 5) is 24.9. The van der Waals surface area contributed by atoms with Crippen molar-refractivity contribution >= 4 is 11.8 Å². The molecule has 1 unspecified atom stereocenters. The van der Waals surface area contributed by atoms with Crippen molar-refractivity contribution in [1.29, 1.82) is 0 Å². The van der Waals surface area contributed by atoms with Crippen LogP contribution in [0.5, 0.6) is 0 Å². The first-order chi connectivity index (χ1) is 12.1. The van der Waals surface area contributed by atoms with Crippen LogP contribution in [0.4, 0.5) is 0 Å². The first-order valence-corrected chi connectivity index (χ1v) is 8.84. The van der Waals surface area contributed by atoms with Crippen LogP contribution in [-0.4, -0.2) is 17.9 Å². The summed E-state index contributed by atoms with van der Waals surface area (Å²) in [5.41, 5.74) is 1.51. The van der Waals surface area contributed by atoms with Crippen molar-refractivity contribution in [1.82, 2.24) is 10.6 Å². The van der Waals surface area contributed by atoms with Gasteiger partial charge in [0.05, 0.1) is 12.5 Å². The number of nitrogens with one attached hydrogen (secondary N) is 2. The lowest BCUT2D eigenvalue weighted by atomic mass is 10.0. The van der Waals surface area contributed by atoms with E-state index >= 15 is 0 Å². The second kappa shape index (κ2) is 9.62. The number of benzene rings is 2. The molecule has 0 spiro atoms. The number of carbonyl (C=O) groups excluding carboxylic acids is 2. The van der Waals surface area contributed by atoms with Gasteiger partial charge in [0.15, 0.2) is 0 Å². The second-order valence-electron chi connectivity index (χ2n) is 6.09. The van der Waals surface area contributed by atoms with Crippen LogP contribution in [0.15, 0.2) is 60.7 Å². The Kier molecular flexibility index (Phi) is 7.20. The minimum absolute atomic E-state index is 0.0454. The molecule has 2 amide bonds. The number of hydrogen-bond acceptors (Lipinski definition) is 2. The lowest BCUT2D eigenvalue weighted by Gasteiger charge is -2.21. The molecule has 1 atom stereocenters. The molecule has 0 heterocycles. The van der Waals surface area contributed by atoms with E-state index in [0.29, 0.717) is 5.56 Å². The third-order valence-corrected chi connectivity index (χ3v) is 4.28. The SMILES string of the molecule is CCC(CC)NC(=O)CC(NC(=O)c1ccccc1)c1ccccc1. The van der Waals surface area contributed by atoms with E-state index in [1.54, 1.807) is 12.1 Å². The van der Waals surface area contributed by atoms with Crippen LogP contribution in [-0.2, 0) is 4.79 Å². The predicted octanol–water partition coefficient (Wildman–Crippen LogP) is 3.85. The number of hydrogen-bond donors (Lipinski definition) is 2. The molecule has 25 heavy (non-hydrogen) atoms. The minimum Gasteiger partial charge on any atom is -0.353 e. The summed E-state index contributed by atoms with van der Waals surface area (Å²) >= 11 is 0.